The van der Waals surface area contributed by atoms with E-state index in [0.717, 1.165) is 22.4 Å². The molecule has 0 bridgehead atoms. The number of amides is 1. The largest absolute Gasteiger partial charge is 0.486 e. The number of hydrogen-bond donors (Lipinski definition) is 1. The van der Waals surface area contributed by atoms with E-state index in [1.807, 2.05) is 45.0 Å². The highest BCUT2D eigenvalue weighted by atomic mass is 35.5. The number of H-pyrrole nitrogens is 1. The molecular formula is C23H24ClN5O2S. The van der Waals surface area contributed by atoms with Crippen LogP contribution in [0.3, 0.4) is 0 Å². The van der Waals surface area contributed by atoms with Crippen LogP contribution in [-0.4, -0.2) is 33.4 Å². The van der Waals surface area contributed by atoms with E-state index in [0.29, 0.717) is 28.3 Å². The van der Waals surface area contributed by atoms with Crippen molar-refractivity contribution in [3.05, 3.63) is 63.9 Å². The lowest BCUT2D eigenvalue weighted by molar-refractivity contribution is -0.116. The fourth-order valence-electron chi connectivity index (χ4n) is 3.14. The van der Waals surface area contributed by atoms with Crippen molar-refractivity contribution in [2.45, 2.75) is 39.0 Å². The predicted octanol–water partition coefficient (Wildman–Crippen LogP) is 5.00. The van der Waals surface area contributed by atoms with Crippen molar-refractivity contribution in [3.63, 3.8) is 0 Å². The van der Waals surface area contributed by atoms with Crippen molar-refractivity contribution >= 4 is 35.0 Å². The lowest BCUT2D eigenvalue weighted by Gasteiger charge is -2.22. The molecular weight excluding hydrogens is 446 g/mol. The number of thioether (sulfide) groups is 1. The fourth-order valence-corrected chi connectivity index (χ4v) is 3.95. The van der Waals surface area contributed by atoms with Crippen LogP contribution in [0.5, 0.6) is 5.75 Å². The van der Waals surface area contributed by atoms with E-state index in [-0.39, 0.29) is 24.7 Å². The maximum absolute atomic E-state index is 12.9. The molecule has 1 amide bonds. The van der Waals surface area contributed by atoms with Crippen molar-refractivity contribution in [1.82, 2.24) is 15.2 Å². The maximum Gasteiger partial charge on any atom is 0.237 e. The minimum Gasteiger partial charge on any atom is -0.486 e. The predicted molar refractivity (Wildman–Crippen MR) is 126 cm³/mol. The Bertz CT molecular complexity index is 1120. The van der Waals surface area contributed by atoms with Crippen LogP contribution in [-0.2, 0) is 11.4 Å². The number of nitrogens with zero attached hydrogens (tertiary/aromatic N) is 4. The monoisotopic (exact) mass is 469 g/mol. The normalized spacial score (nSPS) is 10.6. The number of rotatable bonds is 9. The zero-order valence-electron chi connectivity index (χ0n) is 18.2. The van der Waals surface area contributed by atoms with Crippen molar-refractivity contribution in [2.75, 3.05) is 17.2 Å². The van der Waals surface area contributed by atoms with Gasteiger partial charge in [-0.2, -0.15) is 5.26 Å². The van der Waals surface area contributed by atoms with Gasteiger partial charge in [-0.25, -0.2) is 4.98 Å². The second-order valence-corrected chi connectivity index (χ2v) is 8.70. The fraction of sp³-hybridized carbons (Fsp3) is 0.304. The molecule has 0 unspecified atom stereocenters. The third-order valence-electron chi connectivity index (χ3n) is 4.61. The Balaban J connectivity index is 1.59. The molecule has 2 aromatic carbocycles. The minimum absolute atomic E-state index is 0.102. The first-order valence-corrected chi connectivity index (χ1v) is 11.4. The highest BCUT2D eigenvalue weighted by Gasteiger charge is 2.18. The molecule has 0 aliphatic carbocycles. The van der Waals surface area contributed by atoms with Gasteiger partial charge in [-0.3, -0.25) is 9.89 Å². The third kappa shape index (κ3) is 6.49. The van der Waals surface area contributed by atoms with Crippen LogP contribution < -0.4 is 9.64 Å². The lowest BCUT2D eigenvalue weighted by Crippen LogP contribution is -2.33. The highest BCUT2D eigenvalue weighted by Crippen LogP contribution is 2.23. The van der Waals surface area contributed by atoms with E-state index in [9.17, 15) is 4.79 Å². The zero-order valence-corrected chi connectivity index (χ0v) is 19.8. The number of aryl methyl sites for hydroxylation is 3. The molecule has 3 aromatic rings. The summed E-state index contributed by atoms with van der Waals surface area (Å²) < 4.78 is 5.72. The summed E-state index contributed by atoms with van der Waals surface area (Å²) in [6.07, 6.45) is 0.260. The van der Waals surface area contributed by atoms with Gasteiger partial charge >= 0.3 is 0 Å². The molecule has 0 radical (unpaired) electrons. The van der Waals surface area contributed by atoms with Gasteiger partial charge in [-0.1, -0.05) is 29.4 Å². The van der Waals surface area contributed by atoms with Gasteiger partial charge in [0.05, 0.1) is 18.2 Å². The van der Waals surface area contributed by atoms with E-state index in [1.54, 1.807) is 17.0 Å². The number of hydrogen-bond acceptors (Lipinski definition) is 6. The van der Waals surface area contributed by atoms with Crippen LogP contribution >= 0.6 is 23.4 Å². The van der Waals surface area contributed by atoms with E-state index >= 15 is 0 Å². The number of halogens is 1. The van der Waals surface area contributed by atoms with Crippen LogP contribution in [0.1, 0.15) is 28.9 Å². The van der Waals surface area contributed by atoms with Gasteiger partial charge in [0.15, 0.2) is 5.82 Å². The molecule has 1 N–H and O–H groups in total. The lowest BCUT2D eigenvalue weighted by atomic mass is 10.1. The van der Waals surface area contributed by atoms with Gasteiger partial charge in [-0.05, 0) is 67.8 Å². The number of ether oxygens (including phenoxy) is 1. The van der Waals surface area contributed by atoms with Crippen molar-refractivity contribution in [1.29, 1.82) is 5.26 Å². The topological polar surface area (TPSA) is 94.9 Å². The van der Waals surface area contributed by atoms with Crippen LogP contribution in [0.2, 0.25) is 5.02 Å². The minimum atomic E-state index is -0.102. The number of benzene rings is 2. The molecule has 0 aliphatic rings. The highest BCUT2D eigenvalue weighted by molar-refractivity contribution is 7.99. The first kappa shape index (κ1) is 23.6. The summed E-state index contributed by atoms with van der Waals surface area (Å²) in [5.74, 6) is 1.30. The molecule has 0 atom stereocenters. The molecule has 0 spiro atoms. The Morgan fingerprint density at radius 1 is 1.22 bits per heavy atom. The molecule has 1 heterocycles. The molecule has 166 valence electrons. The van der Waals surface area contributed by atoms with E-state index in [1.165, 1.54) is 11.8 Å². The molecule has 3 rings (SSSR count). The van der Waals surface area contributed by atoms with Crippen molar-refractivity contribution in [2.24, 2.45) is 0 Å². The van der Waals surface area contributed by atoms with Gasteiger partial charge < -0.3 is 9.64 Å². The Kier molecular flexibility index (Phi) is 8.14. The molecule has 9 heteroatoms. The second kappa shape index (κ2) is 11.0. The molecule has 0 saturated carbocycles. The van der Waals surface area contributed by atoms with E-state index in [2.05, 4.69) is 21.3 Å². The van der Waals surface area contributed by atoms with Crippen LogP contribution in [0.25, 0.3) is 0 Å². The molecule has 0 fully saturated rings. The third-order valence-corrected chi connectivity index (χ3v) is 5.86. The maximum atomic E-state index is 12.9. The quantitative estimate of drug-likeness (QED) is 0.443. The van der Waals surface area contributed by atoms with Gasteiger partial charge in [0.25, 0.3) is 0 Å². The van der Waals surface area contributed by atoms with E-state index < -0.39 is 0 Å². The summed E-state index contributed by atoms with van der Waals surface area (Å²) in [5.41, 5.74) is 3.86. The molecule has 0 saturated heterocycles. The van der Waals surface area contributed by atoms with Gasteiger partial charge in [0, 0.05) is 17.3 Å². The summed E-state index contributed by atoms with van der Waals surface area (Å²) in [5, 5.41) is 17.1. The van der Waals surface area contributed by atoms with Crippen LogP contribution in [0, 0.1) is 32.1 Å². The average Bonchev–Trinajstić information content (AvgIpc) is 3.20. The summed E-state index contributed by atoms with van der Waals surface area (Å²) in [4.78, 5) is 18.9. The summed E-state index contributed by atoms with van der Waals surface area (Å²) >= 11 is 7.27. The number of anilines is 1. The molecule has 32 heavy (non-hydrogen) atoms. The molecule has 0 aliphatic heterocycles. The second-order valence-electron chi connectivity index (χ2n) is 7.35. The number of nitriles is 1. The smallest absolute Gasteiger partial charge is 0.237 e. The number of carbonyl (C=O) groups is 1. The van der Waals surface area contributed by atoms with Crippen molar-refractivity contribution in [3.8, 4) is 11.8 Å². The standard InChI is InChI=1S/C23H24ClN5O2S/c1-15-9-16(2)11-18(10-15)29(8-4-7-25)22(30)14-32-23-26-21(27-28-23)13-31-19-5-6-20(24)17(3)12-19/h5-6,9-12H,4,8,13-14H2,1-3H3,(H,26,27,28). The zero-order chi connectivity index (χ0) is 23.1. The Hall–Kier alpha value is -3.02. The Labute approximate surface area is 196 Å². The summed E-state index contributed by atoms with van der Waals surface area (Å²) in [6, 6.07) is 13.5. The number of aromatic amines is 1. The first-order valence-electron chi connectivity index (χ1n) is 10.0. The number of carbonyl (C=O) groups excluding carboxylic acids is 1. The molecule has 1 aromatic heterocycles. The van der Waals surface area contributed by atoms with Gasteiger partial charge in [-0.15, -0.1) is 5.10 Å². The molecule has 7 nitrogen and oxygen atoms in total. The number of nitrogens with one attached hydrogen (secondary N) is 1. The van der Waals surface area contributed by atoms with Gasteiger partial charge in [0.2, 0.25) is 11.1 Å². The summed E-state index contributed by atoms with van der Waals surface area (Å²) in [6.45, 7) is 6.45. The van der Waals surface area contributed by atoms with Crippen LogP contribution in [0.15, 0.2) is 41.6 Å². The van der Waals surface area contributed by atoms with Crippen molar-refractivity contribution < 1.29 is 9.53 Å². The van der Waals surface area contributed by atoms with Crippen LogP contribution in [0.4, 0.5) is 5.69 Å². The summed E-state index contributed by atoms with van der Waals surface area (Å²) in [7, 11) is 0. The SMILES string of the molecule is Cc1cc(C)cc(N(CCC#N)C(=O)CSc2n[nH]c(COc3ccc(Cl)c(C)c3)n2)c1. The first-order chi connectivity index (χ1) is 15.4. The average molecular weight is 470 g/mol. The Morgan fingerprint density at radius 3 is 2.66 bits per heavy atom. The Morgan fingerprint density at radius 2 is 1.97 bits per heavy atom. The van der Waals surface area contributed by atoms with Gasteiger partial charge in [0.1, 0.15) is 12.4 Å². The van der Waals surface area contributed by atoms with E-state index in [4.69, 9.17) is 21.6 Å². The number of aromatic nitrogens is 3.